The van der Waals surface area contributed by atoms with Crippen LogP contribution in [0.15, 0.2) is 24.3 Å². The Morgan fingerprint density at radius 3 is 2.45 bits per heavy atom. The van der Waals surface area contributed by atoms with Crippen LogP contribution in [-0.4, -0.2) is 24.5 Å². The fourth-order valence-corrected chi connectivity index (χ4v) is 2.42. The van der Waals surface area contributed by atoms with Crippen molar-refractivity contribution in [3.63, 3.8) is 0 Å². The fraction of sp³-hybridized carbons (Fsp3) is 0.500. The Labute approximate surface area is 119 Å². The Balaban J connectivity index is 1.75. The van der Waals surface area contributed by atoms with Crippen molar-refractivity contribution in [3.8, 4) is 0 Å². The number of esters is 1. The zero-order valence-corrected chi connectivity index (χ0v) is 11.9. The normalized spacial score (nSPS) is 15.7. The number of aryl methyl sites for hydroxylation is 1. The largest absolute Gasteiger partial charge is 0.452 e. The van der Waals surface area contributed by atoms with Gasteiger partial charge in [-0.2, -0.15) is 0 Å². The minimum atomic E-state index is -0.455. The van der Waals surface area contributed by atoms with E-state index in [-0.39, 0.29) is 18.6 Å². The minimum Gasteiger partial charge on any atom is -0.452 e. The molecule has 0 atom stereocenters. The molecular formula is C16H21NO3. The highest BCUT2D eigenvalue weighted by molar-refractivity contribution is 5.91. The SMILES string of the molecule is Cc1ccc(C(=O)OCC(=O)NC2CCCCC2)cc1. The molecule has 1 saturated carbocycles. The van der Waals surface area contributed by atoms with Crippen LogP contribution in [-0.2, 0) is 9.53 Å². The highest BCUT2D eigenvalue weighted by Gasteiger charge is 2.16. The van der Waals surface area contributed by atoms with Crippen molar-refractivity contribution in [3.05, 3.63) is 35.4 Å². The molecule has 2 rings (SSSR count). The number of benzene rings is 1. The number of ether oxygens (including phenoxy) is 1. The summed E-state index contributed by atoms with van der Waals surface area (Å²) < 4.78 is 5.02. The molecule has 1 N–H and O–H groups in total. The quantitative estimate of drug-likeness (QED) is 0.859. The topological polar surface area (TPSA) is 55.4 Å². The number of hydrogen-bond donors (Lipinski definition) is 1. The predicted molar refractivity (Wildman–Crippen MR) is 76.5 cm³/mol. The number of hydrogen-bond acceptors (Lipinski definition) is 3. The second kappa shape index (κ2) is 7.08. The molecule has 20 heavy (non-hydrogen) atoms. The Hall–Kier alpha value is -1.84. The number of rotatable bonds is 4. The summed E-state index contributed by atoms with van der Waals surface area (Å²) >= 11 is 0. The molecular weight excluding hydrogens is 254 g/mol. The van der Waals surface area contributed by atoms with Crippen molar-refractivity contribution < 1.29 is 14.3 Å². The number of carbonyl (C=O) groups excluding carboxylic acids is 2. The van der Waals surface area contributed by atoms with E-state index >= 15 is 0 Å². The lowest BCUT2D eigenvalue weighted by Gasteiger charge is -2.22. The van der Waals surface area contributed by atoms with Crippen molar-refractivity contribution in [2.24, 2.45) is 0 Å². The maximum absolute atomic E-state index is 11.8. The van der Waals surface area contributed by atoms with Crippen molar-refractivity contribution in [1.82, 2.24) is 5.32 Å². The monoisotopic (exact) mass is 275 g/mol. The van der Waals surface area contributed by atoms with Gasteiger partial charge in [0.05, 0.1) is 5.56 Å². The first kappa shape index (κ1) is 14.6. The van der Waals surface area contributed by atoms with E-state index in [4.69, 9.17) is 4.74 Å². The first-order valence-corrected chi connectivity index (χ1v) is 7.18. The van der Waals surface area contributed by atoms with E-state index in [2.05, 4.69) is 5.32 Å². The van der Waals surface area contributed by atoms with E-state index in [1.165, 1.54) is 6.42 Å². The van der Waals surface area contributed by atoms with Crippen LogP contribution in [0.4, 0.5) is 0 Å². The van der Waals surface area contributed by atoms with Gasteiger partial charge >= 0.3 is 5.97 Å². The van der Waals surface area contributed by atoms with Crippen molar-refractivity contribution >= 4 is 11.9 Å². The molecule has 0 radical (unpaired) electrons. The van der Waals surface area contributed by atoms with Gasteiger partial charge in [0.15, 0.2) is 6.61 Å². The molecule has 0 heterocycles. The Morgan fingerprint density at radius 1 is 1.15 bits per heavy atom. The van der Waals surface area contributed by atoms with Crippen LogP contribution in [0, 0.1) is 6.92 Å². The standard InChI is InChI=1S/C16H21NO3/c1-12-7-9-13(10-8-12)16(19)20-11-15(18)17-14-5-3-2-4-6-14/h7-10,14H,2-6,11H2,1H3,(H,17,18). The van der Waals surface area contributed by atoms with Crippen molar-refractivity contribution in [2.45, 2.75) is 45.1 Å². The van der Waals surface area contributed by atoms with Crippen LogP contribution >= 0.6 is 0 Å². The van der Waals surface area contributed by atoms with Gasteiger partial charge in [-0.15, -0.1) is 0 Å². The van der Waals surface area contributed by atoms with Crippen LogP contribution in [0.5, 0.6) is 0 Å². The molecule has 4 nitrogen and oxygen atoms in total. The average molecular weight is 275 g/mol. The molecule has 0 spiro atoms. The summed E-state index contributed by atoms with van der Waals surface area (Å²) in [6, 6.07) is 7.35. The van der Waals surface area contributed by atoms with Crippen molar-refractivity contribution in [2.75, 3.05) is 6.61 Å². The molecule has 1 aliphatic carbocycles. The predicted octanol–water partition coefficient (Wildman–Crippen LogP) is 2.60. The maximum atomic E-state index is 11.8. The van der Waals surface area contributed by atoms with Gasteiger partial charge in [0.2, 0.25) is 0 Å². The Kier molecular flexibility index (Phi) is 5.16. The minimum absolute atomic E-state index is 0.205. The van der Waals surface area contributed by atoms with E-state index in [1.807, 2.05) is 19.1 Å². The number of nitrogens with one attached hydrogen (secondary N) is 1. The van der Waals surface area contributed by atoms with Gasteiger partial charge in [-0.05, 0) is 31.9 Å². The van der Waals surface area contributed by atoms with Crippen LogP contribution in [0.1, 0.15) is 48.0 Å². The maximum Gasteiger partial charge on any atom is 0.338 e. The number of amides is 1. The zero-order chi connectivity index (χ0) is 14.4. The summed E-state index contributed by atoms with van der Waals surface area (Å²) in [4.78, 5) is 23.5. The van der Waals surface area contributed by atoms with Gasteiger partial charge in [-0.25, -0.2) is 4.79 Å². The molecule has 4 heteroatoms. The van der Waals surface area contributed by atoms with E-state index in [1.54, 1.807) is 12.1 Å². The first-order chi connectivity index (χ1) is 9.65. The lowest BCUT2D eigenvalue weighted by Crippen LogP contribution is -2.38. The van der Waals surface area contributed by atoms with Gasteiger partial charge < -0.3 is 10.1 Å². The first-order valence-electron chi connectivity index (χ1n) is 7.18. The Bertz CT molecular complexity index is 461. The summed E-state index contributed by atoms with van der Waals surface area (Å²) in [5.74, 6) is -0.666. The number of carbonyl (C=O) groups is 2. The summed E-state index contributed by atoms with van der Waals surface area (Å²) in [7, 11) is 0. The second-order valence-electron chi connectivity index (χ2n) is 5.34. The zero-order valence-electron chi connectivity index (χ0n) is 11.9. The molecule has 1 fully saturated rings. The van der Waals surface area contributed by atoms with Crippen LogP contribution in [0.2, 0.25) is 0 Å². The third kappa shape index (κ3) is 4.37. The van der Waals surface area contributed by atoms with E-state index in [0.29, 0.717) is 5.56 Å². The van der Waals surface area contributed by atoms with Crippen LogP contribution < -0.4 is 5.32 Å². The molecule has 1 aromatic rings. The van der Waals surface area contributed by atoms with E-state index in [0.717, 1.165) is 31.2 Å². The summed E-state index contributed by atoms with van der Waals surface area (Å²) in [6.07, 6.45) is 5.62. The van der Waals surface area contributed by atoms with Gasteiger partial charge in [0, 0.05) is 6.04 Å². The third-order valence-electron chi connectivity index (χ3n) is 3.59. The van der Waals surface area contributed by atoms with Gasteiger partial charge in [0.25, 0.3) is 5.91 Å². The molecule has 0 saturated heterocycles. The Morgan fingerprint density at radius 2 is 1.80 bits per heavy atom. The molecule has 0 unspecified atom stereocenters. The molecule has 1 aromatic carbocycles. The van der Waals surface area contributed by atoms with E-state index < -0.39 is 5.97 Å². The van der Waals surface area contributed by atoms with Gasteiger partial charge in [0.1, 0.15) is 0 Å². The van der Waals surface area contributed by atoms with Gasteiger partial charge in [-0.3, -0.25) is 4.79 Å². The van der Waals surface area contributed by atoms with Crippen molar-refractivity contribution in [1.29, 1.82) is 0 Å². The van der Waals surface area contributed by atoms with Gasteiger partial charge in [-0.1, -0.05) is 37.0 Å². The highest BCUT2D eigenvalue weighted by atomic mass is 16.5. The fourth-order valence-electron chi connectivity index (χ4n) is 2.42. The smallest absolute Gasteiger partial charge is 0.338 e. The van der Waals surface area contributed by atoms with E-state index in [9.17, 15) is 9.59 Å². The lowest BCUT2D eigenvalue weighted by atomic mass is 9.95. The lowest BCUT2D eigenvalue weighted by molar-refractivity contribution is -0.125. The molecule has 108 valence electrons. The molecule has 0 aromatic heterocycles. The second-order valence-corrected chi connectivity index (χ2v) is 5.34. The molecule has 1 aliphatic rings. The average Bonchev–Trinajstić information content (AvgIpc) is 2.46. The molecule has 0 aliphatic heterocycles. The molecule has 1 amide bonds. The van der Waals surface area contributed by atoms with Crippen LogP contribution in [0.25, 0.3) is 0 Å². The summed E-state index contributed by atoms with van der Waals surface area (Å²) in [5, 5.41) is 2.92. The van der Waals surface area contributed by atoms with Crippen LogP contribution in [0.3, 0.4) is 0 Å². The summed E-state index contributed by atoms with van der Waals surface area (Å²) in [5.41, 5.74) is 1.55. The summed E-state index contributed by atoms with van der Waals surface area (Å²) in [6.45, 7) is 1.75. The molecule has 0 bridgehead atoms. The third-order valence-corrected chi connectivity index (χ3v) is 3.59. The highest BCUT2D eigenvalue weighted by Crippen LogP contribution is 2.17.